The molecule has 152 valence electrons. The molecule has 4 rings (SSSR count). The van der Waals surface area contributed by atoms with Crippen molar-refractivity contribution < 1.29 is 9.84 Å². The second-order valence-electron chi connectivity index (χ2n) is 6.66. The van der Waals surface area contributed by atoms with Gasteiger partial charge in [-0.2, -0.15) is 0 Å². The first-order valence-electron chi connectivity index (χ1n) is 9.67. The molecule has 3 heterocycles. The van der Waals surface area contributed by atoms with E-state index in [9.17, 15) is 5.11 Å². The molecule has 6 nitrogen and oxygen atoms in total. The number of benzene rings is 1. The van der Waals surface area contributed by atoms with Gasteiger partial charge in [-0.05, 0) is 30.3 Å². The van der Waals surface area contributed by atoms with Gasteiger partial charge in [0, 0.05) is 59.9 Å². The van der Waals surface area contributed by atoms with Crippen molar-refractivity contribution >= 4 is 11.3 Å². The third-order valence-corrected chi connectivity index (χ3v) is 5.41. The molecule has 0 amide bonds. The summed E-state index contributed by atoms with van der Waals surface area (Å²) < 4.78 is 5.86. The second kappa shape index (κ2) is 10.1. The number of hydrogen-bond donors (Lipinski definition) is 2. The zero-order valence-corrected chi connectivity index (χ0v) is 17.1. The van der Waals surface area contributed by atoms with Crippen LogP contribution in [0.1, 0.15) is 11.7 Å². The van der Waals surface area contributed by atoms with Crippen LogP contribution in [0.3, 0.4) is 0 Å². The topological polar surface area (TPSA) is 80.2 Å². The molecular weight excluding hydrogens is 396 g/mol. The van der Waals surface area contributed by atoms with Crippen LogP contribution in [0.2, 0.25) is 0 Å². The molecule has 0 aliphatic carbocycles. The van der Waals surface area contributed by atoms with E-state index in [1.54, 1.807) is 36.1 Å². The molecule has 4 aromatic rings. The minimum absolute atomic E-state index is 0.450. The molecule has 0 aliphatic rings. The lowest BCUT2D eigenvalue weighted by atomic mass is 10.1. The quantitative estimate of drug-likeness (QED) is 0.401. The predicted molar refractivity (Wildman–Crippen MR) is 118 cm³/mol. The van der Waals surface area contributed by atoms with Crippen LogP contribution in [-0.2, 0) is 0 Å². The third-order valence-electron chi connectivity index (χ3n) is 4.52. The summed E-state index contributed by atoms with van der Waals surface area (Å²) in [4.78, 5) is 12.8. The zero-order chi connectivity index (χ0) is 20.6. The first kappa shape index (κ1) is 20.2. The first-order chi connectivity index (χ1) is 14.8. The standard InChI is InChI=1S/C23H22N4O2S/c28-22(19-4-2-8-25-14-19)15-26-11-12-29-20-5-1-3-18(13-20)21-16-30-23(27-21)17-6-9-24-10-7-17/h1-10,13-14,16,22,26,28H,11-12,15H2/t22-/m0/s1. The van der Waals surface area contributed by atoms with Crippen LogP contribution in [0, 0.1) is 0 Å². The lowest BCUT2D eigenvalue weighted by Crippen LogP contribution is -2.26. The number of aliphatic hydroxyl groups is 1. The summed E-state index contributed by atoms with van der Waals surface area (Å²) in [5.74, 6) is 0.792. The molecule has 0 aliphatic heterocycles. The van der Waals surface area contributed by atoms with Crippen molar-refractivity contribution in [2.45, 2.75) is 6.10 Å². The molecule has 7 heteroatoms. The van der Waals surface area contributed by atoms with E-state index in [0.717, 1.165) is 33.1 Å². The highest BCUT2D eigenvalue weighted by atomic mass is 32.1. The Labute approximate surface area is 179 Å². The molecule has 1 aromatic carbocycles. The fraction of sp³-hybridized carbons (Fsp3) is 0.174. The van der Waals surface area contributed by atoms with Crippen LogP contribution >= 0.6 is 11.3 Å². The van der Waals surface area contributed by atoms with Gasteiger partial charge in [0.15, 0.2) is 0 Å². The fourth-order valence-electron chi connectivity index (χ4n) is 2.95. The van der Waals surface area contributed by atoms with Crippen LogP contribution < -0.4 is 10.1 Å². The van der Waals surface area contributed by atoms with E-state index in [1.165, 1.54) is 0 Å². The van der Waals surface area contributed by atoms with Gasteiger partial charge in [-0.25, -0.2) is 4.98 Å². The number of ether oxygens (including phenoxy) is 1. The SMILES string of the molecule is O[C@@H](CNCCOc1cccc(-c2csc(-c3ccncc3)n2)c1)c1cccnc1. The van der Waals surface area contributed by atoms with Gasteiger partial charge in [0.1, 0.15) is 17.4 Å². The molecule has 30 heavy (non-hydrogen) atoms. The van der Waals surface area contributed by atoms with E-state index < -0.39 is 6.10 Å². The van der Waals surface area contributed by atoms with Crippen molar-refractivity contribution in [1.82, 2.24) is 20.3 Å². The second-order valence-corrected chi connectivity index (χ2v) is 7.51. The summed E-state index contributed by atoms with van der Waals surface area (Å²) in [6.45, 7) is 1.58. The lowest BCUT2D eigenvalue weighted by Gasteiger charge is -2.12. The van der Waals surface area contributed by atoms with Crippen molar-refractivity contribution in [3.63, 3.8) is 0 Å². The number of aromatic nitrogens is 3. The van der Waals surface area contributed by atoms with Crippen LogP contribution in [-0.4, -0.2) is 39.8 Å². The maximum absolute atomic E-state index is 10.1. The van der Waals surface area contributed by atoms with Crippen LogP contribution in [0.15, 0.2) is 78.7 Å². The number of nitrogens with zero attached hydrogens (tertiary/aromatic N) is 3. The van der Waals surface area contributed by atoms with E-state index in [-0.39, 0.29) is 0 Å². The van der Waals surface area contributed by atoms with Crippen molar-refractivity contribution in [3.8, 4) is 27.6 Å². The molecule has 0 radical (unpaired) electrons. The molecule has 0 saturated heterocycles. The van der Waals surface area contributed by atoms with Gasteiger partial charge in [0.2, 0.25) is 0 Å². The van der Waals surface area contributed by atoms with Crippen molar-refractivity contribution in [1.29, 1.82) is 0 Å². The van der Waals surface area contributed by atoms with Gasteiger partial charge in [-0.1, -0.05) is 18.2 Å². The summed E-state index contributed by atoms with van der Waals surface area (Å²) in [6.07, 6.45) is 6.33. The molecule has 0 fully saturated rings. The highest BCUT2D eigenvalue weighted by molar-refractivity contribution is 7.13. The molecular formula is C23H22N4O2S. The van der Waals surface area contributed by atoms with Crippen LogP contribution in [0.5, 0.6) is 5.75 Å². The van der Waals surface area contributed by atoms with Gasteiger partial charge < -0.3 is 15.2 Å². The van der Waals surface area contributed by atoms with Crippen molar-refractivity contribution in [3.05, 3.63) is 84.3 Å². The highest BCUT2D eigenvalue weighted by Gasteiger charge is 2.08. The Kier molecular flexibility index (Phi) is 6.76. The van der Waals surface area contributed by atoms with E-state index in [1.807, 2.05) is 48.5 Å². The number of rotatable bonds is 9. The summed E-state index contributed by atoms with van der Waals surface area (Å²) in [7, 11) is 0. The molecule has 0 spiro atoms. The normalized spacial score (nSPS) is 11.9. The summed E-state index contributed by atoms with van der Waals surface area (Å²) in [6, 6.07) is 15.5. The van der Waals surface area contributed by atoms with Crippen molar-refractivity contribution in [2.24, 2.45) is 0 Å². The smallest absolute Gasteiger partial charge is 0.124 e. The van der Waals surface area contributed by atoms with E-state index in [0.29, 0.717) is 19.7 Å². The minimum atomic E-state index is -0.582. The maximum atomic E-state index is 10.1. The predicted octanol–water partition coefficient (Wildman–Crippen LogP) is 3.97. The Morgan fingerprint density at radius 3 is 2.73 bits per heavy atom. The summed E-state index contributed by atoms with van der Waals surface area (Å²) in [5.41, 5.74) is 3.81. The summed E-state index contributed by atoms with van der Waals surface area (Å²) >= 11 is 1.61. The molecule has 0 unspecified atom stereocenters. The highest BCUT2D eigenvalue weighted by Crippen LogP contribution is 2.30. The number of hydrogen-bond acceptors (Lipinski definition) is 7. The Hall–Kier alpha value is -3.13. The number of aliphatic hydroxyl groups excluding tert-OH is 1. The average Bonchev–Trinajstić information content (AvgIpc) is 3.31. The van der Waals surface area contributed by atoms with E-state index in [4.69, 9.17) is 9.72 Å². The maximum Gasteiger partial charge on any atom is 0.124 e. The molecule has 0 saturated carbocycles. The average molecular weight is 419 g/mol. The molecule has 2 N–H and O–H groups in total. The first-order valence-corrected chi connectivity index (χ1v) is 10.6. The van der Waals surface area contributed by atoms with Gasteiger partial charge >= 0.3 is 0 Å². The van der Waals surface area contributed by atoms with E-state index >= 15 is 0 Å². The van der Waals surface area contributed by atoms with Gasteiger partial charge in [0.05, 0.1) is 11.8 Å². The van der Waals surface area contributed by atoms with Gasteiger partial charge in [-0.15, -0.1) is 11.3 Å². The largest absolute Gasteiger partial charge is 0.492 e. The fourth-order valence-corrected chi connectivity index (χ4v) is 3.78. The Morgan fingerprint density at radius 2 is 1.90 bits per heavy atom. The van der Waals surface area contributed by atoms with Gasteiger partial charge in [0.25, 0.3) is 0 Å². The van der Waals surface area contributed by atoms with Crippen LogP contribution in [0.4, 0.5) is 0 Å². The van der Waals surface area contributed by atoms with Crippen LogP contribution in [0.25, 0.3) is 21.8 Å². The van der Waals surface area contributed by atoms with Gasteiger partial charge in [-0.3, -0.25) is 9.97 Å². The molecule has 0 bridgehead atoms. The lowest BCUT2D eigenvalue weighted by molar-refractivity contribution is 0.171. The Bertz CT molecular complexity index is 1060. The number of pyridine rings is 2. The Balaban J connectivity index is 1.28. The summed E-state index contributed by atoms with van der Waals surface area (Å²) in [5, 5.41) is 16.4. The van der Waals surface area contributed by atoms with E-state index in [2.05, 4.69) is 20.7 Å². The Morgan fingerprint density at radius 1 is 1.00 bits per heavy atom. The monoisotopic (exact) mass is 418 g/mol. The molecule has 1 atom stereocenters. The zero-order valence-electron chi connectivity index (χ0n) is 16.3. The minimum Gasteiger partial charge on any atom is -0.492 e. The molecule has 3 aromatic heterocycles. The third kappa shape index (κ3) is 5.27. The number of thiazole rings is 1. The number of nitrogens with one attached hydrogen (secondary N) is 1. The van der Waals surface area contributed by atoms with Crippen molar-refractivity contribution in [2.75, 3.05) is 19.7 Å².